The first-order chi connectivity index (χ1) is 8.13. The number of ether oxygens (including phenoxy) is 1. The van der Waals surface area contributed by atoms with Crippen LogP contribution in [0.4, 0.5) is 0 Å². The Kier molecular flexibility index (Phi) is 5.49. The minimum absolute atomic E-state index is 0.322. The fourth-order valence-electron chi connectivity index (χ4n) is 1.13. The van der Waals surface area contributed by atoms with Crippen molar-refractivity contribution >= 4 is 5.97 Å². The van der Waals surface area contributed by atoms with Gasteiger partial charge in [-0.25, -0.2) is 4.79 Å². The van der Waals surface area contributed by atoms with Gasteiger partial charge in [0.25, 0.3) is 0 Å². The molecule has 0 aliphatic carbocycles. The summed E-state index contributed by atoms with van der Waals surface area (Å²) in [5.41, 5.74) is 0.442. The molecule has 4 heteroatoms. The fourth-order valence-corrected chi connectivity index (χ4v) is 1.13. The topological polar surface area (TPSA) is 44.8 Å². The van der Waals surface area contributed by atoms with Crippen LogP contribution in [0, 0.1) is 5.92 Å². The Hall–Kier alpha value is -1.55. The molecule has 0 heterocycles. The highest BCUT2D eigenvalue weighted by atomic mass is 17.2. The highest BCUT2D eigenvalue weighted by Gasteiger charge is 2.08. The lowest BCUT2D eigenvalue weighted by Crippen LogP contribution is -2.09. The maximum Gasteiger partial charge on any atom is 0.373 e. The molecule has 0 N–H and O–H groups in total. The van der Waals surface area contributed by atoms with Gasteiger partial charge in [-0.3, -0.25) is 4.89 Å². The SMILES string of the molecule is CCOc1ccc(C(=O)OOCC(C)C)cc1. The monoisotopic (exact) mass is 238 g/mol. The zero-order valence-electron chi connectivity index (χ0n) is 10.4. The molecule has 0 bridgehead atoms. The molecule has 0 spiro atoms. The van der Waals surface area contributed by atoms with Crippen molar-refractivity contribution in [1.82, 2.24) is 0 Å². The largest absolute Gasteiger partial charge is 0.494 e. The van der Waals surface area contributed by atoms with Crippen LogP contribution in [0.25, 0.3) is 0 Å². The summed E-state index contributed by atoms with van der Waals surface area (Å²) in [6.07, 6.45) is 0. The van der Waals surface area contributed by atoms with Crippen molar-refractivity contribution in [3.63, 3.8) is 0 Å². The highest BCUT2D eigenvalue weighted by molar-refractivity contribution is 5.89. The lowest BCUT2D eigenvalue weighted by atomic mass is 10.2. The number of rotatable bonds is 6. The second-order valence-electron chi connectivity index (χ2n) is 4.01. The maximum atomic E-state index is 11.5. The molecule has 0 atom stereocenters. The minimum Gasteiger partial charge on any atom is -0.494 e. The summed E-state index contributed by atoms with van der Waals surface area (Å²) >= 11 is 0. The second-order valence-corrected chi connectivity index (χ2v) is 4.01. The first-order valence-electron chi connectivity index (χ1n) is 5.70. The molecular weight excluding hydrogens is 220 g/mol. The van der Waals surface area contributed by atoms with Crippen LogP contribution in [0.5, 0.6) is 5.75 Å². The quantitative estimate of drug-likeness (QED) is 0.564. The normalized spacial score (nSPS) is 10.4. The van der Waals surface area contributed by atoms with Crippen molar-refractivity contribution in [2.45, 2.75) is 20.8 Å². The molecule has 0 amide bonds. The van der Waals surface area contributed by atoms with Gasteiger partial charge in [-0.05, 0) is 37.1 Å². The van der Waals surface area contributed by atoms with Gasteiger partial charge in [-0.2, -0.15) is 4.89 Å². The van der Waals surface area contributed by atoms with Crippen LogP contribution in [-0.4, -0.2) is 19.2 Å². The molecule has 0 aromatic heterocycles. The molecule has 0 radical (unpaired) electrons. The number of benzene rings is 1. The van der Waals surface area contributed by atoms with Gasteiger partial charge >= 0.3 is 5.97 Å². The van der Waals surface area contributed by atoms with Crippen molar-refractivity contribution in [3.8, 4) is 5.75 Å². The minimum atomic E-state index is -0.492. The molecule has 0 saturated carbocycles. The van der Waals surface area contributed by atoms with Gasteiger partial charge < -0.3 is 4.74 Å². The van der Waals surface area contributed by atoms with E-state index in [9.17, 15) is 4.79 Å². The molecule has 94 valence electrons. The summed E-state index contributed by atoms with van der Waals surface area (Å²) in [5.74, 6) is 0.559. The van der Waals surface area contributed by atoms with Gasteiger partial charge in [-0.1, -0.05) is 13.8 Å². The van der Waals surface area contributed by atoms with Crippen molar-refractivity contribution < 1.29 is 19.3 Å². The molecule has 0 aliphatic heterocycles. The molecule has 4 nitrogen and oxygen atoms in total. The van der Waals surface area contributed by atoms with E-state index in [0.29, 0.717) is 24.7 Å². The summed E-state index contributed by atoms with van der Waals surface area (Å²) in [6.45, 7) is 6.85. The number of hydrogen-bond donors (Lipinski definition) is 0. The van der Waals surface area contributed by atoms with Gasteiger partial charge in [0.1, 0.15) is 5.75 Å². The molecule has 1 aromatic rings. The zero-order chi connectivity index (χ0) is 12.7. The third kappa shape index (κ3) is 4.87. The van der Waals surface area contributed by atoms with Crippen LogP contribution in [0.2, 0.25) is 0 Å². The van der Waals surface area contributed by atoms with Crippen LogP contribution < -0.4 is 4.74 Å². The molecule has 0 saturated heterocycles. The van der Waals surface area contributed by atoms with Crippen LogP contribution in [-0.2, 0) is 9.78 Å². The van der Waals surface area contributed by atoms with Gasteiger partial charge in [-0.15, -0.1) is 0 Å². The van der Waals surface area contributed by atoms with Crippen LogP contribution >= 0.6 is 0 Å². The third-order valence-electron chi connectivity index (χ3n) is 1.94. The summed E-state index contributed by atoms with van der Waals surface area (Å²) in [7, 11) is 0. The lowest BCUT2D eigenvalue weighted by Gasteiger charge is -2.06. The van der Waals surface area contributed by atoms with Crippen molar-refractivity contribution in [3.05, 3.63) is 29.8 Å². The Morgan fingerprint density at radius 2 is 1.88 bits per heavy atom. The molecular formula is C13H18O4. The molecule has 17 heavy (non-hydrogen) atoms. The average molecular weight is 238 g/mol. The van der Waals surface area contributed by atoms with Gasteiger partial charge in [0, 0.05) is 0 Å². The third-order valence-corrected chi connectivity index (χ3v) is 1.94. The summed E-state index contributed by atoms with van der Waals surface area (Å²) in [5, 5.41) is 0. The van der Waals surface area contributed by atoms with E-state index in [1.165, 1.54) is 0 Å². The Labute approximate surface area is 101 Å². The predicted octanol–water partition coefficient (Wildman–Crippen LogP) is 2.83. The molecule has 0 unspecified atom stereocenters. The Bertz CT molecular complexity index is 343. The van der Waals surface area contributed by atoms with E-state index in [1.54, 1.807) is 24.3 Å². The molecule has 1 rings (SSSR count). The fraction of sp³-hybridized carbons (Fsp3) is 0.462. The Morgan fingerprint density at radius 1 is 1.24 bits per heavy atom. The number of carbonyl (C=O) groups excluding carboxylic acids is 1. The average Bonchev–Trinajstić information content (AvgIpc) is 2.30. The zero-order valence-corrected chi connectivity index (χ0v) is 10.4. The van der Waals surface area contributed by atoms with Crippen LogP contribution in [0.1, 0.15) is 31.1 Å². The molecule has 0 fully saturated rings. The van der Waals surface area contributed by atoms with E-state index < -0.39 is 5.97 Å². The Morgan fingerprint density at radius 3 is 2.41 bits per heavy atom. The van der Waals surface area contributed by atoms with E-state index in [4.69, 9.17) is 9.62 Å². The van der Waals surface area contributed by atoms with Crippen molar-refractivity contribution in [2.75, 3.05) is 13.2 Å². The van der Waals surface area contributed by atoms with E-state index in [1.807, 2.05) is 20.8 Å². The highest BCUT2D eigenvalue weighted by Crippen LogP contribution is 2.13. The lowest BCUT2D eigenvalue weighted by molar-refractivity contribution is -0.246. The standard InChI is InChI=1S/C13H18O4/c1-4-15-12-7-5-11(6-8-12)13(14)17-16-9-10(2)3/h5-8,10H,4,9H2,1-3H3. The van der Waals surface area contributed by atoms with Crippen molar-refractivity contribution in [1.29, 1.82) is 0 Å². The van der Waals surface area contributed by atoms with E-state index >= 15 is 0 Å². The van der Waals surface area contributed by atoms with E-state index in [0.717, 1.165) is 5.75 Å². The van der Waals surface area contributed by atoms with Gasteiger partial charge in [0.05, 0.1) is 18.8 Å². The molecule has 1 aromatic carbocycles. The summed E-state index contributed by atoms with van der Waals surface area (Å²) < 4.78 is 5.27. The smallest absolute Gasteiger partial charge is 0.373 e. The first kappa shape index (κ1) is 13.5. The predicted molar refractivity (Wildman–Crippen MR) is 63.8 cm³/mol. The summed E-state index contributed by atoms with van der Waals surface area (Å²) in [6, 6.07) is 6.74. The van der Waals surface area contributed by atoms with E-state index in [2.05, 4.69) is 4.89 Å². The maximum absolute atomic E-state index is 11.5. The molecule has 0 aliphatic rings. The summed E-state index contributed by atoms with van der Waals surface area (Å²) in [4.78, 5) is 21.0. The van der Waals surface area contributed by atoms with E-state index in [-0.39, 0.29) is 0 Å². The van der Waals surface area contributed by atoms with Crippen LogP contribution in [0.15, 0.2) is 24.3 Å². The second kappa shape index (κ2) is 6.91. The Balaban J connectivity index is 2.46. The number of carbonyl (C=O) groups is 1. The van der Waals surface area contributed by atoms with Crippen molar-refractivity contribution in [2.24, 2.45) is 5.92 Å². The first-order valence-corrected chi connectivity index (χ1v) is 5.70. The van der Waals surface area contributed by atoms with Gasteiger partial charge in [0.2, 0.25) is 0 Å². The van der Waals surface area contributed by atoms with Crippen LogP contribution in [0.3, 0.4) is 0 Å². The van der Waals surface area contributed by atoms with Gasteiger partial charge in [0.15, 0.2) is 0 Å². The number of hydrogen-bond acceptors (Lipinski definition) is 4.